The normalized spacial score (nSPS) is 23.4. The van der Waals surface area contributed by atoms with Gasteiger partial charge in [0, 0.05) is 57.0 Å². The van der Waals surface area contributed by atoms with Gasteiger partial charge in [-0.05, 0) is 25.0 Å². The second-order valence-electron chi connectivity index (χ2n) is 8.35. The number of ether oxygens (including phenoxy) is 1. The van der Waals surface area contributed by atoms with Crippen LogP contribution in [-0.4, -0.2) is 80.4 Å². The lowest BCUT2D eigenvalue weighted by Gasteiger charge is -2.50. The average molecular weight is 387 g/mol. The van der Waals surface area contributed by atoms with Gasteiger partial charge in [0.15, 0.2) is 0 Å². The number of nitrogens with zero attached hydrogens (tertiary/aromatic N) is 3. The highest BCUT2D eigenvalue weighted by Gasteiger charge is 2.39. The van der Waals surface area contributed by atoms with E-state index in [1.54, 1.807) is 0 Å². The SMILES string of the molecule is O=C(NCC1(N2CCN(c3ccccc3)CC2)CCCCC1)N1CCOCC1. The number of rotatable bonds is 4. The summed E-state index contributed by atoms with van der Waals surface area (Å²) in [4.78, 5) is 19.7. The summed E-state index contributed by atoms with van der Waals surface area (Å²) in [5.74, 6) is 0. The number of amides is 2. The van der Waals surface area contributed by atoms with E-state index in [0.29, 0.717) is 26.3 Å². The number of benzene rings is 1. The molecule has 2 heterocycles. The standard InChI is InChI=1S/C22H34N4O2/c27-21(25-15-17-28-18-16-25)23-19-22(9-5-2-6-10-22)26-13-11-24(12-14-26)20-7-3-1-4-8-20/h1,3-4,7-8H,2,5-6,9-19H2,(H,23,27). The number of hydrogen-bond donors (Lipinski definition) is 1. The van der Waals surface area contributed by atoms with Crippen molar-refractivity contribution in [2.45, 2.75) is 37.6 Å². The molecule has 0 aromatic heterocycles. The zero-order chi connectivity index (χ0) is 19.2. The summed E-state index contributed by atoms with van der Waals surface area (Å²) in [5.41, 5.74) is 1.45. The molecule has 1 N–H and O–H groups in total. The molecule has 6 heteroatoms. The van der Waals surface area contributed by atoms with Crippen molar-refractivity contribution >= 4 is 11.7 Å². The van der Waals surface area contributed by atoms with E-state index >= 15 is 0 Å². The van der Waals surface area contributed by atoms with Crippen LogP contribution in [0.15, 0.2) is 30.3 Å². The van der Waals surface area contributed by atoms with Gasteiger partial charge in [-0.3, -0.25) is 4.90 Å². The molecule has 1 aromatic rings. The highest BCUT2D eigenvalue weighted by molar-refractivity contribution is 5.74. The highest BCUT2D eigenvalue weighted by atomic mass is 16.5. The van der Waals surface area contributed by atoms with Crippen LogP contribution in [0, 0.1) is 0 Å². The van der Waals surface area contributed by atoms with Gasteiger partial charge in [-0.1, -0.05) is 37.5 Å². The van der Waals surface area contributed by atoms with Gasteiger partial charge in [0.25, 0.3) is 0 Å². The van der Waals surface area contributed by atoms with Crippen molar-refractivity contribution in [2.24, 2.45) is 0 Å². The first-order valence-electron chi connectivity index (χ1n) is 10.9. The predicted molar refractivity (Wildman–Crippen MR) is 112 cm³/mol. The van der Waals surface area contributed by atoms with Gasteiger partial charge in [0.2, 0.25) is 0 Å². The average Bonchev–Trinajstić information content (AvgIpc) is 2.79. The zero-order valence-corrected chi connectivity index (χ0v) is 16.9. The molecule has 1 aliphatic carbocycles. The fourth-order valence-corrected chi connectivity index (χ4v) is 5.01. The quantitative estimate of drug-likeness (QED) is 0.864. The Hall–Kier alpha value is -1.79. The predicted octanol–water partition coefficient (Wildman–Crippen LogP) is 2.55. The van der Waals surface area contributed by atoms with Gasteiger partial charge in [-0.25, -0.2) is 4.79 Å². The Labute approximate surface area is 168 Å². The number of anilines is 1. The van der Waals surface area contributed by atoms with Gasteiger partial charge >= 0.3 is 6.03 Å². The topological polar surface area (TPSA) is 48.1 Å². The zero-order valence-electron chi connectivity index (χ0n) is 16.9. The number of para-hydroxylation sites is 1. The summed E-state index contributed by atoms with van der Waals surface area (Å²) < 4.78 is 5.37. The van der Waals surface area contributed by atoms with Gasteiger partial charge in [-0.2, -0.15) is 0 Å². The molecule has 0 spiro atoms. The summed E-state index contributed by atoms with van der Waals surface area (Å²) >= 11 is 0. The van der Waals surface area contributed by atoms with Crippen LogP contribution in [0.25, 0.3) is 0 Å². The molecule has 0 unspecified atom stereocenters. The number of nitrogens with one attached hydrogen (secondary N) is 1. The lowest BCUT2D eigenvalue weighted by Crippen LogP contribution is -2.62. The van der Waals surface area contributed by atoms with Crippen LogP contribution < -0.4 is 10.2 Å². The van der Waals surface area contributed by atoms with Crippen LogP contribution in [0.2, 0.25) is 0 Å². The largest absolute Gasteiger partial charge is 0.378 e. The van der Waals surface area contributed by atoms with E-state index in [2.05, 4.69) is 45.4 Å². The first kappa shape index (κ1) is 19.5. The molecular formula is C22H34N4O2. The highest BCUT2D eigenvalue weighted by Crippen LogP contribution is 2.34. The van der Waals surface area contributed by atoms with Crippen LogP contribution in [0.3, 0.4) is 0 Å². The Morgan fingerprint density at radius 2 is 1.61 bits per heavy atom. The third-order valence-corrected chi connectivity index (χ3v) is 6.72. The van der Waals surface area contributed by atoms with E-state index in [9.17, 15) is 4.79 Å². The third kappa shape index (κ3) is 4.44. The molecule has 4 rings (SSSR count). The second kappa shape index (κ2) is 9.14. The van der Waals surface area contributed by atoms with E-state index < -0.39 is 0 Å². The molecule has 3 fully saturated rings. The van der Waals surface area contributed by atoms with Crippen molar-refractivity contribution in [1.82, 2.24) is 15.1 Å². The number of urea groups is 1. The van der Waals surface area contributed by atoms with Crippen molar-refractivity contribution < 1.29 is 9.53 Å². The lowest BCUT2D eigenvalue weighted by molar-refractivity contribution is 0.0374. The van der Waals surface area contributed by atoms with Gasteiger partial charge in [-0.15, -0.1) is 0 Å². The Bertz CT molecular complexity index is 619. The number of carbonyl (C=O) groups is 1. The molecule has 0 atom stereocenters. The summed E-state index contributed by atoms with van der Waals surface area (Å²) in [6.07, 6.45) is 6.26. The van der Waals surface area contributed by atoms with E-state index in [-0.39, 0.29) is 11.6 Å². The molecular weight excluding hydrogens is 352 g/mol. The molecule has 1 aromatic carbocycles. The summed E-state index contributed by atoms with van der Waals surface area (Å²) in [6, 6.07) is 10.8. The van der Waals surface area contributed by atoms with Gasteiger partial charge in [0.05, 0.1) is 13.2 Å². The fourth-order valence-electron chi connectivity index (χ4n) is 5.01. The molecule has 154 valence electrons. The molecule has 1 saturated carbocycles. The third-order valence-electron chi connectivity index (χ3n) is 6.72. The van der Waals surface area contributed by atoms with Crippen molar-refractivity contribution in [3.63, 3.8) is 0 Å². The maximum atomic E-state index is 12.6. The van der Waals surface area contributed by atoms with E-state index in [1.807, 2.05) is 4.90 Å². The summed E-state index contributed by atoms with van der Waals surface area (Å²) in [7, 11) is 0. The summed E-state index contributed by atoms with van der Waals surface area (Å²) in [5, 5.41) is 3.28. The molecule has 6 nitrogen and oxygen atoms in total. The first-order chi connectivity index (χ1) is 13.8. The van der Waals surface area contributed by atoms with Gasteiger partial charge < -0.3 is 19.9 Å². The minimum Gasteiger partial charge on any atom is -0.378 e. The van der Waals surface area contributed by atoms with E-state index in [4.69, 9.17) is 4.74 Å². The van der Waals surface area contributed by atoms with Crippen molar-refractivity contribution in [3.8, 4) is 0 Å². The van der Waals surface area contributed by atoms with Crippen LogP contribution >= 0.6 is 0 Å². The van der Waals surface area contributed by atoms with Crippen LogP contribution in [0.4, 0.5) is 10.5 Å². The van der Waals surface area contributed by atoms with E-state index in [0.717, 1.165) is 32.7 Å². The maximum Gasteiger partial charge on any atom is 0.317 e. The Morgan fingerprint density at radius 3 is 2.29 bits per heavy atom. The second-order valence-corrected chi connectivity index (χ2v) is 8.35. The lowest BCUT2D eigenvalue weighted by atomic mass is 9.79. The minimum absolute atomic E-state index is 0.0798. The van der Waals surface area contributed by atoms with Crippen molar-refractivity contribution in [2.75, 3.05) is 63.9 Å². The fraction of sp³-hybridized carbons (Fsp3) is 0.682. The summed E-state index contributed by atoms with van der Waals surface area (Å²) in [6.45, 7) is 7.74. The number of piperazine rings is 1. The monoisotopic (exact) mass is 386 g/mol. The maximum absolute atomic E-state index is 12.6. The van der Waals surface area contributed by atoms with Crippen LogP contribution in [-0.2, 0) is 4.74 Å². The van der Waals surface area contributed by atoms with Crippen LogP contribution in [0.5, 0.6) is 0 Å². The number of morpholine rings is 1. The van der Waals surface area contributed by atoms with Crippen molar-refractivity contribution in [3.05, 3.63) is 30.3 Å². The first-order valence-corrected chi connectivity index (χ1v) is 10.9. The Kier molecular flexibility index (Phi) is 6.37. The molecule has 0 bridgehead atoms. The Balaban J connectivity index is 1.36. The smallest absolute Gasteiger partial charge is 0.317 e. The number of carbonyl (C=O) groups excluding carboxylic acids is 1. The minimum atomic E-state index is 0.0798. The molecule has 28 heavy (non-hydrogen) atoms. The van der Waals surface area contributed by atoms with Gasteiger partial charge in [0.1, 0.15) is 0 Å². The molecule has 2 amide bonds. The van der Waals surface area contributed by atoms with E-state index in [1.165, 1.54) is 37.8 Å². The number of hydrogen-bond acceptors (Lipinski definition) is 4. The molecule has 2 saturated heterocycles. The molecule has 2 aliphatic heterocycles. The van der Waals surface area contributed by atoms with Crippen molar-refractivity contribution in [1.29, 1.82) is 0 Å². The van der Waals surface area contributed by atoms with Crippen LogP contribution in [0.1, 0.15) is 32.1 Å². The molecule has 3 aliphatic rings. The molecule has 0 radical (unpaired) electrons. The Morgan fingerprint density at radius 1 is 0.929 bits per heavy atom.